The molecule has 0 atom stereocenters. The number of nitrogens with zero attached hydrogens (tertiary/aromatic N) is 2. The average molecular weight is 172 g/mol. The Labute approximate surface area is 58.2 Å². The number of hydrogen-bond acceptors (Lipinski definition) is 2. The van der Waals surface area contributed by atoms with Crippen molar-refractivity contribution in [2.75, 3.05) is 0 Å². The lowest BCUT2D eigenvalue weighted by atomic mass is 10.5. The Morgan fingerprint density at radius 2 is 1.90 bits per heavy atom. The van der Waals surface area contributed by atoms with E-state index in [2.05, 4.69) is 10.2 Å². The summed E-state index contributed by atoms with van der Waals surface area (Å²) < 4.78 is 35.0. The van der Waals surface area contributed by atoms with Gasteiger partial charge in [0.25, 0.3) is 0 Å². The van der Waals surface area contributed by atoms with E-state index in [4.69, 9.17) is 11.6 Å². The van der Waals surface area contributed by atoms with E-state index in [0.29, 0.717) is 0 Å². The number of aromatic amines is 1. The highest BCUT2D eigenvalue weighted by molar-refractivity contribution is 6.30. The van der Waals surface area contributed by atoms with E-state index in [-0.39, 0.29) is 0 Å². The van der Waals surface area contributed by atoms with Crippen LogP contribution in [-0.4, -0.2) is 15.4 Å². The largest absolute Gasteiger partial charge is 0.438 e. The van der Waals surface area contributed by atoms with Crippen molar-refractivity contribution in [2.24, 2.45) is 0 Å². The number of rotatable bonds is 0. The first kappa shape index (κ1) is 7.33. The third kappa shape index (κ3) is 1.21. The van der Waals surface area contributed by atoms with Crippen LogP contribution in [-0.2, 0) is 6.18 Å². The van der Waals surface area contributed by atoms with Gasteiger partial charge in [0.15, 0.2) is 5.15 Å². The molecule has 0 saturated heterocycles. The van der Waals surface area contributed by atoms with Crippen LogP contribution >= 0.6 is 11.6 Å². The molecule has 0 aliphatic carbocycles. The lowest BCUT2D eigenvalue weighted by Crippen LogP contribution is -2.05. The summed E-state index contributed by atoms with van der Waals surface area (Å²) in [5.41, 5.74) is -1.19. The topological polar surface area (TPSA) is 41.6 Å². The quantitative estimate of drug-likeness (QED) is 0.642. The maximum absolute atomic E-state index is 11.7. The van der Waals surface area contributed by atoms with Crippen molar-refractivity contribution in [3.8, 4) is 0 Å². The standard InChI is InChI=1S/C3HClF3N3/c4-2-1(3(5,6)7)8-10-9-2/h(H,8,9,10). The molecule has 0 bridgehead atoms. The van der Waals surface area contributed by atoms with Crippen LogP contribution in [0.4, 0.5) is 13.2 Å². The molecule has 1 aromatic rings. The van der Waals surface area contributed by atoms with Crippen molar-refractivity contribution in [2.45, 2.75) is 6.18 Å². The van der Waals surface area contributed by atoms with E-state index >= 15 is 0 Å². The molecule has 0 aromatic carbocycles. The molecule has 0 unspecified atom stereocenters. The molecule has 0 radical (unpaired) electrons. The smallest absolute Gasteiger partial charge is 0.196 e. The van der Waals surface area contributed by atoms with Gasteiger partial charge >= 0.3 is 6.18 Å². The Hall–Kier alpha value is -0.780. The lowest BCUT2D eigenvalue weighted by Gasteiger charge is -1.98. The zero-order valence-electron chi connectivity index (χ0n) is 4.41. The summed E-state index contributed by atoms with van der Waals surface area (Å²) in [5.74, 6) is 0. The predicted octanol–water partition coefficient (Wildman–Crippen LogP) is 1.48. The Balaban J connectivity index is 3.05. The van der Waals surface area contributed by atoms with E-state index in [1.165, 1.54) is 0 Å². The Bertz CT molecular complexity index is 229. The van der Waals surface area contributed by atoms with Gasteiger partial charge in [0.1, 0.15) is 0 Å². The molecule has 1 N–H and O–H groups in total. The fourth-order valence-corrected chi connectivity index (χ4v) is 0.586. The van der Waals surface area contributed by atoms with Crippen molar-refractivity contribution in [3.63, 3.8) is 0 Å². The first-order valence-corrected chi connectivity index (χ1v) is 2.53. The second-order valence-corrected chi connectivity index (χ2v) is 1.82. The molecule has 0 fully saturated rings. The minimum atomic E-state index is -4.52. The minimum Gasteiger partial charge on any atom is -0.196 e. The maximum atomic E-state index is 11.7. The summed E-state index contributed by atoms with van der Waals surface area (Å²) >= 11 is 5.00. The van der Waals surface area contributed by atoms with E-state index in [9.17, 15) is 13.2 Å². The highest BCUT2D eigenvalue weighted by Gasteiger charge is 2.36. The van der Waals surface area contributed by atoms with Crippen molar-refractivity contribution >= 4 is 11.6 Å². The van der Waals surface area contributed by atoms with Crippen LogP contribution in [0.1, 0.15) is 5.69 Å². The van der Waals surface area contributed by atoms with Gasteiger partial charge in [-0.25, -0.2) is 0 Å². The highest BCUT2D eigenvalue weighted by Crippen LogP contribution is 2.30. The van der Waals surface area contributed by atoms with Gasteiger partial charge in [-0.3, -0.25) is 0 Å². The SMILES string of the molecule is FC(F)(F)c1n[nH]nc1Cl. The Kier molecular flexibility index (Phi) is 1.55. The molecule has 0 aliphatic rings. The second-order valence-electron chi connectivity index (χ2n) is 1.46. The number of hydrogen-bond donors (Lipinski definition) is 1. The Morgan fingerprint density at radius 3 is 2.10 bits per heavy atom. The zero-order valence-corrected chi connectivity index (χ0v) is 5.16. The van der Waals surface area contributed by atoms with Gasteiger partial charge in [0, 0.05) is 0 Å². The summed E-state index contributed by atoms with van der Waals surface area (Å²) in [6.07, 6.45) is -4.52. The van der Waals surface area contributed by atoms with Gasteiger partial charge in [-0.2, -0.15) is 18.4 Å². The monoisotopic (exact) mass is 171 g/mol. The molecule has 10 heavy (non-hydrogen) atoms. The van der Waals surface area contributed by atoms with Gasteiger partial charge in [-0.05, 0) is 0 Å². The molecule has 1 aromatic heterocycles. The van der Waals surface area contributed by atoms with Crippen LogP contribution in [0.25, 0.3) is 0 Å². The molecule has 0 amide bonds. The maximum Gasteiger partial charge on any atom is 0.438 e. The van der Waals surface area contributed by atoms with Crippen LogP contribution in [0.3, 0.4) is 0 Å². The highest BCUT2D eigenvalue weighted by atomic mass is 35.5. The van der Waals surface area contributed by atoms with Crippen LogP contribution in [0.15, 0.2) is 0 Å². The number of alkyl halides is 3. The molecule has 3 nitrogen and oxygen atoms in total. The van der Waals surface area contributed by atoms with Crippen LogP contribution in [0.5, 0.6) is 0 Å². The summed E-state index contributed by atoms with van der Waals surface area (Å²) in [7, 11) is 0. The van der Waals surface area contributed by atoms with E-state index in [1.54, 1.807) is 5.21 Å². The number of aromatic nitrogens is 3. The molecule has 1 rings (SSSR count). The molecule has 0 saturated carbocycles. The van der Waals surface area contributed by atoms with Gasteiger partial charge < -0.3 is 0 Å². The van der Waals surface area contributed by atoms with Crippen LogP contribution < -0.4 is 0 Å². The number of nitrogens with one attached hydrogen (secondary N) is 1. The van der Waals surface area contributed by atoms with E-state index < -0.39 is 17.0 Å². The van der Waals surface area contributed by atoms with Crippen LogP contribution in [0, 0.1) is 0 Å². The van der Waals surface area contributed by atoms with E-state index in [1.807, 2.05) is 0 Å². The van der Waals surface area contributed by atoms with Crippen molar-refractivity contribution in [1.29, 1.82) is 0 Å². The third-order valence-electron chi connectivity index (χ3n) is 0.774. The van der Waals surface area contributed by atoms with Gasteiger partial charge in [-0.1, -0.05) is 11.6 Å². The first-order valence-electron chi connectivity index (χ1n) is 2.15. The zero-order chi connectivity index (χ0) is 7.78. The second kappa shape index (κ2) is 2.12. The summed E-state index contributed by atoms with van der Waals surface area (Å²) in [5, 5.41) is 6.88. The fraction of sp³-hybridized carbons (Fsp3) is 0.333. The van der Waals surface area contributed by atoms with Gasteiger partial charge in [0.05, 0.1) is 0 Å². The van der Waals surface area contributed by atoms with Crippen molar-refractivity contribution < 1.29 is 13.2 Å². The molecular formula is C3HClF3N3. The average Bonchev–Trinajstić information content (AvgIpc) is 2.11. The molecule has 0 aliphatic heterocycles. The molecule has 0 spiro atoms. The van der Waals surface area contributed by atoms with Gasteiger partial charge in [-0.15, -0.1) is 10.2 Å². The normalized spacial score (nSPS) is 12.0. The fourth-order valence-electron chi connectivity index (χ4n) is 0.398. The molecule has 1 heterocycles. The van der Waals surface area contributed by atoms with Crippen molar-refractivity contribution in [1.82, 2.24) is 15.4 Å². The van der Waals surface area contributed by atoms with Crippen LogP contribution in [0.2, 0.25) is 5.15 Å². The van der Waals surface area contributed by atoms with Gasteiger partial charge in [0.2, 0.25) is 5.69 Å². The first-order chi connectivity index (χ1) is 4.52. The molecular weight excluding hydrogens is 171 g/mol. The molecule has 7 heteroatoms. The molecule has 56 valence electrons. The lowest BCUT2D eigenvalue weighted by molar-refractivity contribution is -0.141. The van der Waals surface area contributed by atoms with Crippen molar-refractivity contribution in [3.05, 3.63) is 10.8 Å². The predicted molar refractivity (Wildman–Crippen MR) is 26.4 cm³/mol. The number of halogens is 4. The minimum absolute atomic E-state index is 0.660. The van der Waals surface area contributed by atoms with E-state index in [0.717, 1.165) is 0 Å². The summed E-state index contributed by atoms with van der Waals surface area (Å²) in [6.45, 7) is 0. The summed E-state index contributed by atoms with van der Waals surface area (Å²) in [4.78, 5) is 0. The number of H-pyrrole nitrogens is 1. The third-order valence-corrected chi connectivity index (χ3v) is 1.04. The summed E-state index contributed by atoms with van der Waals surface area (Å²) in [6, 6.07) is 0. The Morgan fingerprint density at radius 1 is 1.30 bits per heavy atom.